The minimum absolute atomic E-state index is 0.0944. The monoisotopic (exact) mass is 295 g/mol. The van der Waals surface area contributed by atoms with Crippen LogP contribution in [-0.4, -0.2) is 26.1 Å². The fraction of sp³-hybridized carbons (Fsp3) is 0.235. The van der Waals surface area contributed by atoms with Gasteiger partial charge in [0.1, 0.15) is 11.0 Å². The lowest BCUT2D eigenvalue weighted by Crippen LogP contribution is -2.11. The first kappa shape index (κ1) is 14.3. The predicted octanol–water partition coefficient (Wildman–Crippen LogP) is 3.42. The minimum atomic E-state index is -0.967. The maximum absolute atomic E-state index is 11.0. The number of carbonyl (C=O) groups is 1. The van der Waals surface area contributed by atoms with Crippen LogP contribution in [0.1, 0.15) is 36.7 Å². The van der Waals surface area contributed by atoms with Crippen molar-refractivity contribution in [3.8, 4) is 5.69 Å². The highest BCUT2D eigenvalue weighted by atomic mass is 16.4. The summed E-state index contributed by atoms with van der Waals surface area (Å²) in [5.41, 5.74) is 3.63. The van der Waals surface area contributed by atoms with Crippen LogP contribution in [0.4, 0.5) is 0 Å². The predicted molar refractivity (Wildman–Crippen MR) is 84.5 cm³/mol. The molecular formula is C17H17N3O2. The van der Waals surface area contributed by atoms with E-state index in [-0.39, 0.29) is 11.0 Å². The number of benzene rings is 2. The first-order chi connectivity index (χ1) is 10.3. The minimum Gasteiger partial charge on any atom is -0.478 e. The van der Waals surface area contributed by atoms with Crippen LogP contribution in [0, 0.1) is 0 Å². The van der Waals surface area contributed by atoms with Crippen LogP contribution in [0.3, 0.4) is 0 Å². The van der Waals surface area contributed by atoms with E-state index >= 15 is 0 Å². The number of nitrogens with zero attached hydrogens (tertiary/aromatic N) is 3. The van der Waals surface area contributed by atoms with E-state index in [1.807, 2.05) is 12.1 Å². The summed E-state index contributed by atoms with van der Waals surface area (Å²) >= 11 is 0. The topological polar surface area (TPSA) is 68.0 Å². The molecule has 0 fully saturated rings. The van der Waals surface area contributed by atoms with Gasteiger partial charge in [-0.1, -0.05) is 32.9 Å². The van der Waals surface area contributed by atoms with E-state index in [2.05, 4.69) is 43.1 Å². The largest absolute Gasteiger partial charge is 0.478 e. The molecule has 1 aromatic heterocycles. The van der Waals surface area contributed by atoms with E-state index in [4.69, 9.17) is 5.11 Å². The summed E-state index contributed by atoms with van der Waals surface area (Å²) in [4.78, 5) is 12.5. The average molecular weight is 295 g/mol. The van der Waals surface area contributed by atoms with Crippen molar-refractivity contribution in [1.29, 1.82) is 0 Å². The summed E-state index contributed by atoms with van der Waals surface area (Å²) in [7, 11) is 0. The highest BCUT2D eigenvalue weighted by molar-refractivity contribution is 5.92. The van der Waals surface area contributed by atoms with Gasteiger partial charge in [0, 0.05) is 0 Å². The summed E-state index contributed by atoms with van der Waals surface area (Å²) in [5.74, 6) is -0.967. The number of hydrogen-bond donors (Lipinski definition) is 1. The number of hydrogen-bond acceptors (Lipinski definition) is 3. The molecule has 0 unspecified atom stereocenters. The molecule has 112 valence electrons. The first-order valence-corrected chi connectivity index (χ1v) is 7.06. The Morgan fingerprint density at radius 2 is 1.64 bits per heavy atom. The van der Waals surface area contributed by atoms with Gasteiger partial charge in [-0.2, -0.15) is 4.80 Å². The van der Waals surface area contributed by atoms with Crippen LogP contribution in [0.5, 0.6) is 0 Å². The molecule has 0 atom stereocenters. The van der Waals surface area contributed by atoms with Crippen molar-refractivity contribution in [2.24, 2.45) is 0 Å². The van der Waals surface area contributed by atoms with Gasteiger partial charge in [0.15, 0.2) is 0 Å². The van der Waals surface area contributed by atoms with Crippen LogP contribution in [-0.2, 0) is 5.41 Å². The third-order valence-electron chi connectivity index (χ3n) is 3.59. The zero-order valence-electron chi connectivity index (χ0n) is 12.7. The molecule has 0 bridgehead atoms. The van der Waals surface area contributed by atoms with E-state index in [1.54, 1.807) is 6.07 Å². The molecule has 0 saturated heterocycles. The lowest BCUT2D eigenvalue weighted by Gasteiger charge is -2.18. The quantitative estimate of drug-likeness (QED) is 0.786. The second kappa shape index (κ2) is 4.94. The molecular weight excluding hydrogens is 278 g/mol. The Morgan fingerprint density at radius 1 is 1.00 bits per heavy atom. The molecule has 2 aromatic carbocycles. The molecule has 0 saturated carbocycles. The summed E-state index contributed by atoms with van der Waals surface area (Å²) in [6, 6.07) is 12.8. The van der Waals surface area contributed by atoms with Crippen molar-refractivity contribution >= 4 is 17.0 Å². The lowest BCUT2D eigenvalue weighted by atomic mass is 9.87. The molecule has 1 N–H and O–H groups in total. The Labute approximate surface area is 128 Å². The number of aromatic carboxylic acids is 1. The summed E-state index contributed by atoms with van der Waals surface area (Å²) in [6.07, 6.45) is 0. The SMILES string of the molecule is CC(C)(C)c1ccc(-n2nc3ccc(C(=O)O)cc3n2)cc1. The van der Waals surface area contributed by atoms with E-state index in [9.17, 15) is 4.79 Å². The Morgan fingerprint density at radius 3 is 2.23 bits per heavy atom. The molecule has 0 amide bonds. The van der Waals surface area contributed by atoms with Crippen molar-refractivity contribution in [2.45, 2.75) is 26.2 Å². The number of carboxylic acids is 1. The Hall–Kier alpha value is -2.69. The molecule has 3 rings (SSSR count). The number of fused-ring (bicyclic) bond motifs is 1. The van der Waals surface area contributed by atoms with E-state index in [1.165, 1.54) is 22.5 Å². The Kier molecular flexibility index (Phi) is 3.20. The number of aromatic nitrogens is 3. The van der Waals surface area contributed by atoms with Gasteiger partial charge in [0.05, 0.1) is 11.3 Å². The van der Waals surface area contributed by atoms with Crippen molar-refractivity contribution in [2.75, 3.05) is 0 Å². The van der Waals surface area contributed by atoms with Crippen LogP contribution < -0.4 is 0 Å². The maximum Gasteiger partial charge on any atom is 0.335 e. The lowest BCUT2D eigenvalue weighted by molar-refractivity contribution is 0.0697. The van der Waals surface area contributed by atoms with Gasteiger partial charge < -0.3 is 5.11 Å². The van der Waals surface area contributed by atoms with Gasteiger partial charge >= 0.3 is 5.97 Å². The average Bonchev–Trinajstić information content (AvgIpc) is 2.89. The molecule has 22 heavy (non-hydrogen) atoms. The van der Waals surface area contributed by atoms with Crippen molar-refractivity contribution in [3.63, 3.8) is 0 Å². The highest BCUT2D eigenvalue weighted by Crippen LogP contribution is 2.23. The highest BCUT2D eigenvalue weighted by Gasteiger charge is 2.14. The van der Waals surface area contributed by atoms with Crippen LogP contribution in [0.15, 0.2) is 42.5 Å². The van der Waals surface area contributed by atoms with Crippen molar-refractivity contribution in [3.05, 3.63) is 53.6 Å². The number of carboxylic acid groups (broad SMARTS) is 1. The molecule has 1 heterocycles. The van der Waals surface area contributed by atoms with E-state index < -0.39 is 5.97 Å². The summed E-state index contributed by atoms with van der Waals surface area (Å²) in [5, 5.41) is 17.8. The Balaban J connectivity index is 2.01. The summed E-state index contributed by atoms with van der Waals surface area (Å²) < 4.78 is 0. The zero-order chi connectivity index (χ0) is 15.9. The molecule has 0 spiro atoms. The molecule has 0 aliphatic carbocycles. The van der Waals surface area contributed by atoms with E-state index in [0.29, 0.717) is 11.0 Å². The smallest absolute Gasteiger partial charge is 0.335 e. The van der Waals surface area contributed by atoms with Crippen molar-refractivity contribution < 1.29 is 9.90 Å². The zero-order valence-corrected chi connectivity index (χ0v) is 12.7. The standard InChI is InChI=1S/C17H17N3O2/c1-17(2,3)12-5-7-13(8-6-12)20-18-14-9-4-11(16(21)22)10-15(14)19-20/h4-10H,1-3H3,(H,21,22). The van der Waals surface area contributed by atoms with Gasteiger partial charge in [0.2, 0.25) is 0 Å². The molecule has 0 aliphatic heterocycles. The fourth-order valence-electron chi connectivity index (χ4n) is 2.26. The number of rotatable bonds is 2. The van der Waals surface area contributed by atoms with Crippen LogP contribution in [0.25, 0.3) is 16.7 Å². The normalized spacial score (nSPS) is 11.8. The first-order valence-electron chi connectivity index (χ1n) is 7.06. The van der Waals surface area contributed by atoms with Gasteiger partial charge in [-0.25, -0.2) is 4.79 Å². The van der Waals surface area contributed by atoms with Crippen molar-refractivity contribution in [1.82, 2.24) is 15.0 Å². The van der Waals surface area contributed by atoms with Gasteiger partial charge in [0.25, 0.3) is 0 Å². The van der Waals surface area contributed by atoms with Gasteiger partial charge in [-0.15, -0.1) is 10.2 Å². The molecule has 3 aromatic rings. The third-order valence-corrected chi connectivity index (χ3v) is 3.59. The Bertz CT molecular complexity index is 842. The van der Waals surface area contributed by atoms with Crippen LogP contribution in [0.2, 0.25) is 0 Å². The molecule has 5 heteroatoms. The van der Waals surface area contributed by atoms with Gasteiger partial charge in [-0.05, 0) is 41.3 Å². The van der Waals surface area contributed by atoms with Gasteiger partial charge in [-0.3, -0.25) is 0 Å². The fourth-order valence-corrected chi connectivity index (χ4v) is 2.26. The second-order valence-corrected chi connectivity index (χ2v) is 6.29. The molecule has 5 nitrogen and oxygen atoms in total. The van der Waals surface area contributed by atoms with Crippen LogP contribution >= 0.6 is 0 Å². The summed E-state index contributed by atoms with van der Waals surface area (Å²) in [6.45, 7) is 6.49. The maximum atomic E-state index is 11.0. The second-order valence-electron chi connectivity index (χ2n) is 6.29. The molecule has 0 aliphatic rings. The third kappa shape index (κ3) is 2.57. The molecule has 0 radical (unpaired) electrons. The van der Waals surface area contributed by atoms with E-state index in [0.717, 1.165) is 5.69 Å².